The monoisotopic (exact) mass is 234 g/mol. The summed E-state index contributed by atoms with van der Waals surface area (Å²) < 4.78 is 31.6. The van der Waals surface area contributed by atoms with Gasteiger partial charge in [-0.3, -0.25) is 0 Å². The largest absolute Gasteiger partial charge is 0.496 e. The van der Waals surface area contributed by atoms with Crippen LogP contribution in [0.2, 0.25) is 0 Å². The summed E-state index contributed by atoms with van der Waals surface area (Å²) in [6, 6.07) is 8.62. The van der Waals surface area contributed by atoms with Gasteiger partial charge in [0, 0.05) is 5.56 Å². The first-order valence-electron chi connectivity index (χ1n) is 5.22. The zero-order valence-electron chi connectivity index (χ0n) is 9.63. The molecule has 0 unspecified atom stereocenters. The van der Waals surface area contributed by atoms with Crippen LogP contribution in [0.3, 0.4) is 0 Å². The van der Waals surface area contributed by atoms with Gasteiger partial charge >= 0.3 is 0 Å². The highest BCUT2D eigenvalue weighted by atomic mass is 19.1. The minimum absolute atomic E-state index is 0.350. The van der Waals surface area contributed by atoms with Crippen molar-refractivity contribution < 1.29 is 13.5 Å². The summed E-state index contributed by atoms with van der Waals surface area (Å²) in [6.45, 7) is 1.85. The van der Waals surface area contributed by atoms with Gasteiger partial charge in [-0.25, -0.2) is 8.78 Å². The summed E-state index contributed by atoms with van der Waals surface area (Å²) in [4.78, 5) is 0. The number of hydrogen-bond acceptors (Lipinski definition) is 1. The summed E-state index contributed by atoms with van der Waals surface area (Å²) >= 11 is 0. The number of rotatable bonds is 2. The Labute approximate surface area is 98.7 Å². The molecule has 0 radical (unpaired) electrons. The second kappa shape index (κ2) is 4.53. The van der Waals surface area contributed by atoms with Crippen LogP contribution >= 0.6 is 0 Å². The third-order valence-electron chi connectivity index (χ3n) is 2.65. The minimum Gasteiger partial charge on any atom is -0.496 e. The lowest BCUT2D eigenvalue weighted by Crippen LogP contribution is -1.92. The van der Waals surface area contributed by atoms with Crippen LogP contribution in [-0.2, 0) is 0 Å². The standard InChI is InChI=1S/C14H12F2O/c1-9-3-4-10(15)7-12(9)13-8-11(16)5-6-14(13)17-2/h3-8H,1-2H3. The van der Waals surface area contributed by atoms with Crippen molar-refractivity contribution in [2.24, 2.45) is 0 Å². The smallest absolute Gasteiger partial charge is 0.126 e. The molecule has 2 aromatic carbocycles. The Kier molecular flexibility index (Phi) is 3.09. The van der Waals surface area contributed by atoms with E-state index in [0.717, 1.165) is 5.56 Å². The molecule has 0 atom stereocenters. The van der Waals surface area contributed by atoms with Crippen molar-refractivity contribution in [3.05, 3.63) is 53.6 Å². The van der Waals surface area contributed by atoms with E-state index in [4.69, 9.17) is 4.74 Å². The van der Waals surface area contributed by atoms with E-state index in [-0.39, 0.29) is 11.6 Å². The molecule has 0 aromatic heterocycles. The zero-order valence-corrected chi connectivity index (χ0v) is 9.63. The Hall–Kier alpha value is -1.90. The number of hydrogen-bond donors (Lipinski definition) is 0. The maximum atomic E-state index is 13.3. The second-order valence-electron chi connectivity index (χ2n) is 3.80. The van der Waals surface area contributed by atoms with E-state index in [1.807, 2.05) is 6.92 Å². The number of methoxy groups -OCH3 is 1. The summed E-state index contributed by atoms with van der Waals surface area (Å²) in [7, 11) is 1.51. The van der Waals surface area contributed by atoms with Gasteiger partial charge in [0.25, 0.3) is 0 Å². The number of halogens is 2. The van der Waals surface area contributed by atoms with E-state index in [1.54, 1.807) is 6.07 Å². The van der Waals surface area contributed by atoms with E-state index < -0.39 is 0 Å². The van der Waals surface area contributed by atoms with Gasteiger partial charge in [0.1, 0.15) is 17.4 Å². The molecule has 3 heteroatoms. The quantitative estimate of drug-likeness (QED) is 0.764. The maximum Gasteiger partial charge on any atom is 0.126 e. The molecule has 0 N–H and O–H groups in total. The third-order valence-corrected chi connectivity index (χ3v) is 2.65. The minimum atomic E-state index is -0.371. The Bertz CT molecular complexity index is 550. The van der Waals surface area contributed by atoms with Crippen molar-refractivity contribution in [2.75, 3.05) is 7.11 Å². The van der Waals surface area contributed by atoms with Gasteiger partial charge < -0.3 is 4.74 Å². The lowest BCUT2D eigenvalue weighted by molar-refractivity contribution is 0.415. The zero-order chi connectivity index (χ0) is 12.4. The lowest BCUT2D eigenvalue weighted by Gasteiger charge is -2.11. The third kappa shape index (κ3) is 2.28. The van der Waals surface area contributed by atoms with Crippen molar-refractivity contribution in [2.45, 2.75) is 6.92 Å². The van der Waals surface area contributed by atoms with Gasteiger partial charge in [-0.05, 0) is 48.4 Å². The predicted molar refractivity (Wildman–Crippen MR) is 63.1 cm³/mol. The molecule has 0 heterocycles. The van der Waals surface area contributed by atoms with Crippen LogP contribution in [0.1, 0.15) is 5.56 Å². The molecule has 0 spiro atoms. The van der Waals surface area contributed by atoms with Gasteiger partial charge in [0.05, 0.1) is 7.11 Å². The molecule has 2 aromatic rings. The van der Waals surface area contributed by atoms with Crippen LogP contribution in [0.15, 0.2) is 36.4 Å². The summed E-state index contributed by atoms with van der Waals surface area (Å²) in [5.41, 5.74) is 2.07. The highest BCUT2D eigenvalue weighted by Crippen LogP contribution is 2.33. The molecular weight excluding hydrogens is 222 g/mol. The van der Waals surface area contributed by atoms with Crippen LogP contribution in [-0.4, -0.2) is 7.11 Å². The van der Waals surface area contributed by atoms with Crippen LogP contribution in [0.5, 0.6) is 5.75 Å². The van der Waals surface area contributed by atoms with Crippen molar-refractivity contribution in [1.82, 2.24) is 0 Å². The van der Waals surface area contributed by atoms with E-state index in [0.29, 0.717) is 16.9 Å². The first-order chi connectivity index (χ1) is 8.11. The molecule has 1 nitrogen and oxygen atoms in total. The van der Waals surface area contributed by atoms with Crippen LogP contribution < -0.4 is 4.74 Å². The van der Waals surface area contributed by atoms with Gasteiger partial charge in [0.15, 0.2) is 0 Å². The number of benzene rings is 2. The fraction of sp³-hybridized carbons (Fsp3) is 0.143. The molecule has 2 rings (SSSR count). The number of ether oxygens (including phenoxy) is 1. The Morgan fingerprint density at radius 2 is 1.47 bits per heavy atom. The van der Waals surface area contributed by atoms with Gasteiger partial charge in [-0.15, -0.1) is 0 Å². The molecule has 0 saturated carbocycles. The molecule has 0 amide bonds. The second-order valence-corrected chi connectivity index (χ2v) is 3.80. The van der Waals surface area contributed by atoms with Crippen LogP contribution in [0, 0.1) is 18.6 Å². The van der Waals surface area contributed by atoms with E-state index in [1.165, 1.54) is 37.4 Å². The molecule has 0 aliphatic rings. The maximum absolute atomic E-state index is 13.3. The molecule has 0 fully saturated rings. The van der Waals surface area contributed by atoms with Crippen LogP contribution in [0.4, 0.5) is 8.78 Å². The average Bonchev–Trinajstić information content (AvgIpc) is 2.32. The Morgan fingerprint density at radius 3 is 2.12 bits per heavy atom. The topological polar surface area (TPSA) is 9.23 Å². The predicted octanol–water partition coefficient (Wildman–Crippen LogP) is 3.95. The Balaban J connectivity index is 2.66. The number of aryl methyl sites for hydroxylation is 1. The van der Waals surface area contributed by atoms with E-state index in [9.17, 15) is 8.78 Å². The highest BCUT2D eigenvalue weighted by Gasteiger charge is 2.10. The molecule has 0 aliphatic carbocycles. The van der Waals surface area contributed by atoms with Crippen molar-refractivity contribution in [3.63, 3.8) is 0 Å². The molecule has 88 valence electrons. The normalized spacial score (nSPS) is 10.4. The van der Waals surface area contributed by atoms with E-state index >= 15 is 0 Å². The summed E-state index contributed by atoms with van der Waals surface area (Å²) in [5.74, 6) is -0.193. The highest BCUT2D eigenvalue weighted by molar-refractivity contribution is 5.73. The summed E-state index contributed by atoms with van der Waals surface area (Å²) in [5, 5.41) is 0. The first kappa shape index (κ1) is 11.6. The molecule has 0 bridgehead atoms. The van der Waals surface area contributed by atoms with Crippen LogP contribution in [0.25, 0.3) is 11.1 Å². The van der Waals surface area contributed by atoms with Gasteiger partial charge in [0.2, 0.25) is 0 Å². The SMILES string of the molecule is COc1ccc(F)cc1-c1cc(F)ccc1C. The fourth-order valence-corrected chi connectivity index (χ4v) is 1.78. The molecular formula is C14H12F2O. The molecule has 0 saturated heterocycles. The first-order valence-corrected chi connectivity index (χ1v) is 5.22. The fourth-order valence-electron chi connectivity index (χ4n) is 1.78. The van der Waals surface area contributed by atoms with Gasteiger partial charge in [-0.2, -0.15) is 0 Å². The lowest BCUT2D eigenvalue weighted by atomic mass is 9.99. The average molecular weight is 234 g/mol. The van der Waals surface area contributed by atoms with Gasteiger partial charge in [-0.1, -0.05) is 6.07 Å². The van der Waals surface area contributed by atoms with Crippen molar-refractivity contribution in [1.29, 1.82) is 0 Å². The van der Waals surface area contributed by atoms with Crippen molar-refractivity contribution in [3.8, 4) is 16.9 Å². The molecule has 17 heavy (non-hydrogen) atoms. The molecule has 0 aliphatic heterocycles. The van der Waals surface area contributed by atoms with E-state index in [2.05, 4.69) is 0 Å². The Morgan fingerprint density at radius 1 is 0.882 bits per heavy atom. The van der Waals surface area contributed by atoms with Crippen molar-refractivity contribution >= 4 is 0 Å². The summed E-state index contributed by atoms with van der Waals surface area (Å²) in [6.07, 6.45) is 0.